The van der Waals surface area contributed by atoms with E-state index in [1.165, 1.54) is 18.0 Å². The number of hydrogen-bond donors (Lipinski definition) is 1. The molecule has 1 aliphatic heterocycles. The lowest BCUT2D eigenvalue weighted by atomic mass is 10.0. The summed E-state index contributed by atoms with van der Waals surface area (Å²) in [7, 11) is 1.62. The molecule has 1 atom stereocenters. The molecule has 190 valence electrons. The van der Waals surface area contributed by atoms with E-state index in [0.717, 1.165) is 27.6 Å². The lowest BCUT2D eigenvalue weighted by Crippen LogP contribution is -2.28. The van der Waals surface area contributed by atoms with Crippen molar-refractivity contribution in [2.45, 2.75) is 17.6 Å². The Hall–Kier alpha value is -4.22. The van der Waals surface area contributed by atoms with Crippen molar-refractivity contribution in [1.82, 2.24) is 24.8 Å². The molecule has 0 fully saturated rings. The number of para-hydroxylation sites is 1. The SMILES string of the molecule is COc1ccc([C@@H]2CC(c3cccs3)=NN2C(=O)CSc2nc3c(cnn3-c3ccccc3)c(=O)[nH]2)cc1. The standard InChI is InChI=1S/C27H22N6O3S2/c1-36-19-11-9-17(10-12-19)22-14-21(23-8-5-13-37-23)31-33(22)24(34)16-38-27-29-25-20(26(35)30-27)15-28-32(25)18-6-3-2-4-7-18/h2-13,15,22H,14,16H2,1H3,(H,29,30,35)/t22-/m0/s1. The quantitative estimate of drug-likeness (QED) is 0.237. The third kappa shape index (κ3) is 4.61. The van der Waals surface area contributed by atoms with Crippen LogP contribution in [0.4, 0.5) is 0 Å². The van der Waals surface area contributed by atoms with Gasteiger partial charge >= 0.3 is 0 Å². The fourth-order valence-corrected chi connectivity index (χ4v) is 5.77. The normalized spacial score (nSPS) is 15.1. The van der Waals surface area contributed by atoms with Gasteiger partial charge < -0.3 is 9.72 Å². The fraction of sp³-hybridized carbons (Fsp3) is 0.148. The highest BCUT2D eigenvalue weighted by atomic mass is 32.2. The van der Waals surface area contributed by atoms with Gasteiger partial charge in [-0.1, -0.05) is 48.2 Å². The number of fused-ring (bicyclic) bond motifs is 1. The first-order valence-electron chi connectivity index (χ1n) is 11.8. The van der Waals surface area contributed by atoms with Crippen LogP contribution in [0, 0.1) is 0 Å². The van der Waals surface area contributed by atoms with Gasteiger partial charge in [-0.15, -0.1) is 11.3 Å². The molecule has 38 heavy (non-hydrogen) atoms. The van der Waals surface area contributed by atoms with Crippen LogP contribution in [-0.2, 0) is 4.79 Å². The molecule has 1 aliphatic rings. The summed E-state index contributed by atoms with van der Waals surface area (Å²) in [6.45, 7) is 0. The van der Waals surface area contributed by atoms with Gasteiger partial charge in [-0.05, 0) is 41.3 Å². The molecule has 0 radical (unpaired) electrons. The molecule has 1 amide bonds. The monoisotopic (exact) mass is 542 g/mol. The number of hydrogen-bond acceptors (Lipinski definition) is 8. The van der Waals surface area contributed by atoms with Gasteiger partial charge in [0, 0.05) is 6.42 Å². The Morgan fingerprint density at radius 2 is 1.95 bits per heavy atom. The van der Waals surface area contributed by atoms with Crippen molar-refractivity contribution in [3.05, 3.63) is 99.1 Å². The summed E-state index contributed by atoms with van der Waals surface area (Å²) in [5, 5.41) is 13.3. The lowest BCUT2D eigenvalue weighted by molar-refractivity contribution is -0.130. The van der Waals surface area contributed by atoms with Crippen molar-refractivity contribution in [2.75, 3.05) is 12.9 Å². The van der Waals surface area contributed by atoms with Crippen molar-refractivity contribution in [3.63, 3.8) is 0 Å². The van der Waals surface area contributed by atoms with E-state index in [1.807, 2.05) is 72.1 Å². The molecule has 9 nitrogen and oxygen atoms in total. The van der Waals surface area contributed by atoms with E-state index in [2.05, 4.69) is 15.1 Å². The molecule has 6 rings (SSSR count). The van der Waals surface area contributed by atoms with E-state index >= 15 is 0 Å². The second-order valence-corrected chi connectivity index (χ2v) is 10.5. The first kappa shape index (κ1) is 24.1. The van der Waals surface area contributed by atoms with Crippen LogP contribution in [-0.4, -0.2) is 49.2 Å². The first-order valence-corrected chi connectivity index (χ1v) is 13.7. The highest BCUT2D eigenvalue weighted by Crippen LogP contribution is 2.35. The molecule has 0 spiro atoms. The number of benzene rings is 2. The van der Waals surface area contributed by atoms with Crippen molar-refractivity contribution >= 4 is 45.8 Å². The summed E-state index contributed by atoms with van der Waals surface area (Å²) in [5.74, 6) is 0.628. The van der Waals surface area contributed by atoms with E-state index in [-0.39, 0.29) is 23.3 Å². The summed E-state index contributed by atoms with van der Waals surface area (Å²) in [5.41, 5.74) is 2.77. The number of carbonyl (C=O) groups is 1. The zero-order valence-corrected chi connectivity index (χ0v) is 21.9. The van der Waals surface area contributed by atoms with E-state index in [9.17, 15) is 9.59 Å². The predicted octanol–water partition coefficient (Wildman–Crippen LogP) is 4.65. The second-order valence-electron chi connectivity index (χ2n) is 8.54. The lowest BCUT2D eigenvalue weighted by Gasteiger charge is -2.22. The van der Waals surface area contributed by atoms with E-state index in [4.69, 9.17) is 9.84 Å². The summed E-state index contributed by atoms with van der Waals surface area (Å²) in [6, 6.07) is 20.9. The number of carbonyl (C=O) groups excluding carboxylic acids is 1. The number of methoxy groups -OCH3 is 1. The number of aromatic amines is 1. The Bertz CT molecular complexity index is 1680. The summed E-state index contributed by atoms with van der Waals surface area (Å²) in [4.78, 5) is 34.6. The maximum atomic E-state index is 13.5. The van der Waals surface area contributed by atoms with E-state index < -0.39 is 0 Å². The van der Waals surface area contributed by atoms with Gasteiger partial charge in [-0.3, -0.25) is 9.59 Å². The van der Waals surface area contributed by atoms with Crippen molar-refractivity contribution in [3.8, 4) is 11.4 Å². The summed E-state index contributed by atoms with van der Waals surface area (Å²) >= 11 is 2.77. The maximum absolute atomic E-state index is 13.5. The summed E-state index contributed by atoms with van der Waals surface area (Å²) < 4.78 is 6.91. The third-order valence-electron chi connectivity index (χ3n) is 6.22. The Morgan fingerprint density at radius 1 is 1.13 bits per heavy atom. The smallest absolute Gasteiger partial charge is 0.262 e. The Balaban J connectivity index is 1.26. The molecule has 0 saturated heterocycles. The van der Waals surface area contributed by atoms with Crippen LogP contribution in [0.25, 0.3) is 16.7 Å². The zero-order valence-electron chi connectivity index (χ0n) is 20.3. The molecule has 1 N–H and O–H groups in total. The van der Waals surface area contributed by atoms with Gasteiger partial charge in [0.1, 0.15) is 11.1 Å². The maximum Gasteiger partial charge on any atom is 0.262 e. The van der Waals surface area contributed by atoms with Crippen LogP contribution in [0.3, 0.4) is 0 Å². The number of H-pyrrole nitrogens is 1. The number of hydrazone groups is 1. The molecule has 0 aliphatic carbocycles. The Morgan fingerprint density at radius 3 is 2.68 bits per heavy atom. The van der Waals surface area contributed by atoms with Crippen LogP contribution in [0.5, 0.6) is 5.75 Å². The van der Waals surface area contributed by atoms with Gasteiger partial charge in [0.2, 0.25) is 0 Å². The number of aromatic nitrogens is 4. The Kier molecular flexibility index (Phi) is 6.52. The van der Waals surface area contributed by atoms with Gasteiger partial charge in [-0.25, -0.2) is 14.7 Å². The third-order valence-corrected chi connectivity index (χ3v) is 8.00. The molecule has 4 heterocycles. The number of nitrogens with zero attached hydrogens (tertiary/aromatic N) is 5. The molecular formula is C27H22N6O3S2. The number of thiophene rings is 1. The van der Waals surface area contributed by atoms with Crippen molar-refractivity contribution < 1.29 is 9.53 Å². The minimum absolute atomic E-state index is 0.0573. The number of amides is 1. The molecule has 0 saturated carbocycles. The number of rotatable bonds is 7. The van der Waals surface area contributed by atoms with Crippen LogP contribution in [0.1, 0.15) is 22.9 Å². The number of ether oxygens (including phenoxy) is 1. The van der Waals surface area contributed by atoms with Gasteiger partial charge in [0.25, 0.3) is 11.5 Å². The second kappa shape index (κ2) is 10.3. The summed E-state index contributed by atoms with van der Waals surface area (Å²) in [6.07, 6.45) is 2.11. The highest BCUT2D eigenvalue weighted by molar-refractivity contribution is 7.99. The van der Waals surface area contributed by atoms with Crippen LogP contribution < -0.4 is 10.3 Å². The topological polar surface area (TPSA) is 105 Å². The van der Waals surface area contributed by atoms with Gasteiger partial charge in [0.05, 0.1) is 41.4 Å². The zero-order chi connectivity index (χ0) is 26.1. The van der Waals surface area contributed by atoms with Crippen LogP contribution in [0.15, 0.2) is 93.4 Å². The molecule has 11 heteroatoms. The van der Waals surface area contributed by atoms with Crippen LogP contribution in [0.2, 0.25) is 0 Å². The van der Waals surface area contributed by atoms with E-state index in [0.29, 0.717) is 22.6 Å². The minimum Gasteiger partial charge on any atom is -0.497 e. The van der Waals surface area contributed by atoms with Gasteiger partial charge in [0.15, 0.2) is 10.8 Å². The number of thioether (sulfide) groups is 1. The minimum atomic E-state index is -0.303. The number of nitrogens with one attached hydrogen (secondary N) is 1. The van der Waals surface area contributed by atoms with E-state index in [1.54, 1.807) is 28.1 Å². The van der Waals surface area contributed by atoms with Crippen molar-refractivity contribution in [1.29, 1.82) is 0 Å². The molecule has 2 aromatic carbocycles. The molecule has 5 aromatic rings. The largest absolute Gasteiger partial charge is 0.497 e. The van der Waals surface area contributed by atoms with Crippen molar-refractivity contribution in [2.24, 2.45) is 5.10 Å². The van der Waals surface area contributed by atoms with Gasteiger partial charge in [-0.2, -0.15) is 10.2 Å². The average molecular weight is 543 g/mol. The average Bonchev–Trinajstić information content (AvgIpc) is 3.72. The van der Waals surface area contributed by atoms with Crippen LogP contribution >= 0.6 is 23.1 Å². The Labute approximate surface area is 225 Å². The molecule has 0 unspecified atom stereocenters. The first-order chi connectivity index (χ1) is 18.6. The highest BCUT2D eigenvalue weighted by Gasteiger charge is 2.33. The molecule has 3 aromatic heterocycles. The molecule has 0 bridgehead atoms. The predicted molar refractivity (Wildman–Crippen MR) is 148 cm³/mol. The fourth-order valence-electron chi connectivity index (χ4n) is 4.34. The molecular weight excluding hydrogens is 520 g/mol.